The zero-order chi connectivity index (χ0) is 59.5. The SMILES string of the molecule is c1ccc(-c2c(-c3ccccc3)c3c4cc5ccc(N(c6ccc(C7CCCCC7)cc6)c6ccc(C7CCCCC7)cc6)cc5cc4oc3c3oc4cc5cc(N(c6ccc(C7CCCCC7)cc6)c6ccc(C7CCCCC7)cc6)ccc5cc4c23)cc1. The van der Waals surface area contributed by atoms with Gasteiger partial charge in [0.15, 0.2) is 11.2 Å². The lowest BCUT2D eigenvalue weighted by Gasteiger charge is -2.28. The molecule has 0 N–H and O–H groups in total. The van der Waals surface area contributed by atoms with Gasteiger partial charge in [-0.25, -0.2) is 0 Å². The summed E-state index contributed by atoms with van der Waals surface area (Å²) in [5, 5.41) is 8.86. The van der Waals surface area contributed by atoms with Crippen LogP contribution in [0.15, 0.2) is 227 Å². The first-order valence-corrected chi connectivity index (χ1v) is 34.5. The molecule has 4 heteroatoms. The quantitative estimate of drug-likeness (QED) is 0.122. The first-order chi connectivity index (χ1) is 44.6. The van der Waals surface area contributed by atoms with Crippen molar-refractivity contribution >= 4 is 99.5 Å². The highest BCUT2D eigenvalue weighted by molar-refractivity contribution is 6.31. The Morgan fingerprint density at radius 3 is 0.844 bits per heavy atom. The van der Waals surface area contributed by atoms with E-state index in [1.165, 1.54) is 173 Å². The van der Waals surface area contributed by atoms with Gasteiger partial charge in [-0.3, -0.25) is 0 Å². The van der Waals surface area contributed by atoms with Gasteiger partial charge in [0.25, 0.3) is 0 Å². The third-order valence-corrected chi connectivity index (χ3v) is 21.8. The summed E-state index contributed by atoms with van der Waals surface area (Å²) >= 11 is 0. The third kappa shape index (κ3) is 10.2. The van der Waals surface area contributed by atoms with Crippen molar-refractivity contribution in [3.8, 4) is 22.3 Å². The minimum absolute atomic E-state index is 0.651. The highest BCUT2D eigenvalue weighted by Crippen LogP contribution is 2.53. The highest BCUT2D eigenvalue weighted by Gasteiger charge is 2.29. The van der Waals surface area contributed by atoms with Gasteiger partial charge in [-0.15, -0.1) is 0 Å². The van der Waals surface area contributed by atoms with Crippen LogP contribution >= 0.6 is 0 Å². The Balaban J connectivity index is 0.819. The Kier molecular flexibility index (Phi) is 14.6. The van der Waals surface area contributed by atoms with Crippen molar-refractivity contribution in [2.75, 3.05) is 9.80 Å². The van der Waals surface area contributed by atoms with E-state index in [1.807, 2.05) is 0 Å². The Hall–Kier alpha value is -8.86. The molecule has 0 spiro atoms. The maximum atomic E-state index is 7.39. The summed E-state index contributed by atoms with van der Waals surface area (Å²) in [6.45, 7) is 0. The summed E-state index contributed by atoms with van der Waals surface area (Å²) < 4.78 is 14.8. The first-order valence-electron chi connectivity index (χ1n) is 34.5. The maximum absolute atomic E-state index is 7.39. The lowest BCUT2D eigenvalue weighted by Crippen LogP contribution is -2.11. The Morgan fingerprint density at radius 2 is 0.544 bits per heavy atom. The molecule has 4 nitrogen and oxygen atoms in total. The summed E-state index contributed by atoms with van der Waals surface area (Å²) in [5.74, 6) is 2.61. The lowest BCUT2D eigenvalue weighted by molar-refractivity contribution is 0.443. The molecule has 17 rings (SSSR count). The number of furan rings is 2. The molecule has 0 saturated heterocycles. The fourth-order valence-corrected chi connectivity index (χ4v) is 17.0. The molecule has 446 valence electrons. The standard InChI is InChI=1S/C86H80N2O2/c1-7-19-57(20-8-1)61-31-41-71(42-32-61)87(72-43-33-62(34-44-72)58-21-9-2-10-22-58)75-49-39-67-53-77-79(55-69(67)51-75)89-85-83(77)81(65-27-15-5-16-28-65)82(66-29-17-6-18-30-66)84-78-54-68-40-50-76(52-70(68)56-80(78)90-86(84)85)88(73-45-35-63(36-46-73)59-23-11-3-12-24-59)74-47-37-64(38-48-74)60-25-13-4-14-26-60/h5-6,15-18,27-60H,1-4,7-14,19-26H2. The van der Waals surface area contributed by atoms with Crippen LogP contribution in [0.25, 0.3) is 87.7 Å². The molecule has 4 saturated carbocycles. The summed E-state index contributed by atoms with van der Waals surface area (Å²) in [6.07, 6.45) is 26.4. The number of nitrogens with zero attached hydrogens (tertiary/aromatic N) is 2. The molecule has 11 aromatic carbocycles. The minimum atomic E-state index is 0.651. The molecule has 0 radical (unpaired) electrons. The van der Waals surface area contributed by atoms with Gasteiger partial charge in [-0.1, -0.05) is 198 Å². The van der Waals surface area contributed by atoms with E-state index in [9.17, 15) is 0 Å². The number of hydrogen-bond donors (Lipinski definition) is 0. The molecule has 2 aromatic heterocycles. The smallest absolute Gasteiger partial charge is 0.179 e. The molecule has 0 unspecified atom stereocenters. The van der Waals surface area contributed by atoms with E-state index in [1.54, 1.807) is 0 Å². The number of anilines is 6. The van der Waals surface area contributed by atoms with Gasteiger partial charge >= 0.3 is 0 Å². The van der Waals surface area contributed by atoms with Crippen LogP contribution in [0.3, 0.4) is 0 Å². The van der Waals surface area contributed by atoms with Crippen LogP contribution < -0.4 is 9.80 Å². The Morgan fingerprint density at radius 1 is 0.256 bits per heavy atom. The normalized spacial score (nSPS) is 16.7. The summed E-state index contributed by atoms with van der Waals surface area (Å²) in [4.78, 5) is 4.92. The van der Waals surface area contributed by atoms with Gasteiger partial charge < -0.3 is 18.6 Å². The zero-order valence-corrected chi connectivity index (χ0v) is 51.9. The van der Waals surface area contributed by atoms with Crippen molar-refractivity contribution in [2.45, 2.75) is 152 Å². The van der Waals surface area contributed by atoms with Crippen molar-refractivity contribution in [3.05, 3.63) is 241 Å². The van der Waals surface area contributed by atoms with Gasteiger partial charge in [-0.2, -0.15) is 0 Å². The molecular formula is C86H80N2O2. The van der Waals surface area contributed by atoms with Gasteiger partial charge in [0.2, 0.25) is 0 Å². The van der Waals surface area contributed by atoms with Crippen molar-refractivity contribution in [1.82, 2.24) is 0 Å². The molecule has 0 aliphatic heterocycles. The predicted molar refractivity (Wildman–Crippen MR) is 380 cm³/mol. The van der Waals surface area contributed by atoms with Gasteiger partial charge in [-0.05, 0) is 227 Å². The van der Waals surface area contributed by atoms with Crippen molar-refractivity contribution in [2.24, 2.45) is 0 Å². The van der Waals surface area contributed by atoms with Crippen LogP contribution in [0, 0.1) is 0 Å². The molecule has 4 aliphatic rings. The Labute approximate surface area is 530 Å². The van der Waals surface area contributed by atoms with Crippen LogP contribution in [0.5, 0.6) is 0 Å². The molecular weight excluding hydrogens is 1090 g/mol. The van der Waals surface area contributed by atoms with Crippen molar-refractivity contribution in [3.63, 3.8) is 0 Å². The first kappa shape index (κ1) is 55.2. The van der Waals surface area contributed by atoms with E-state index in [-0.39, 0.29) is 0 Å². The number of benzene rings is 11. The van der Waals surface area contributed by atoms with E-state index in [0.717, 1.165) is 99.1 Å². The second kappa shape index (κ2) is 23.8. The maximum Gasteiger partial charge on any atom is 0.179 e. The third-order valence-electron chi connectivity index (χ3n) is 21.8. The van der Waals surface area contributed by atoms with Crippen LogP contribution in [0.2, 0.25) is 0 Å². The van der Waals surface area contributed by atoms with E-state index in [2.05, 4.69) is 228 Å². The minimum Gasteiger partial charge on any atom is -0.452 e. The van der Waals surface area contributed by atoms with Gasteiger partial charge in [0.05, 0.1) is 0 Å². The zero-order valence-electron chi connectivity index (χ0n) is 51.9. The molecule has 0 amide bonds. The number of fused-ring (bicyclic) bond motifs is 9. The lowest BCUT2D eigenvalue weighted by atomic mass is 9.84. The highest BCUT2D eigenvalue weighted by atomic mass is 16.4. The number of rotatable bonds is 12. The van der Waals surface area contributed by atoms with Crippen LogP contribution in [0.1, 0.15) is 174 Å². The second-order valence-electron chi connectivity index (χ2n) is 27.2. The second-order valence-corrected chi connectivity index (χ2v) is 27.2. The van der Waals surface area contributed by atoms with E-state index in [4.69, 9.17) is 8.83 Å². The van der Waals surface area contributed by atoms with Gasteiger partial charge in [0.1, 0.15) is 11.2 Å². The van der Waals surface area contributed by atoms with Crippen LogP contribution in [-0.2, 0) is 0 Å². The summed E-state index contributed by atoms with van der Waals surface area (Å²) in [7, 11) is 0. The fourth-order valence-electron chi connectivity index (χ4n) is 17.0. The van der Waals surface area contributed by atoms with E-state index in [0.29, 0.717) is 23.7 Å². The monoisotopic (exact) mass is 1170 g/mol. The fraction of sp³-hybridized carbons (Fsp3) is 0.279. The van der Waals surface area contributed by atoms with Crippen molar-refractivity contribution < 1.29 is 8.83 Å². The summed E-state index contributed by atoms with van der Waals surface area (Å²) in [5.41, 5.74) is 20.7. The van der Waals surface area contributed by atoms with Crippen LogP contribution in [-0.4, -0.2) is 0 Å². The van der Waals surface area contributed by atoms with Crippen molar-refractivity contribution in [1.29, 1.82) is 0 Å². The molecule has 90 heavy (non-hydrogen) atoms. The number of hydrogen-bond acceptors (Lipinski definition) is 4. The molecule has 4 fully saturated rings. The summed E-state index contributed by atoms with van der Waals surface area (Å²) in [6, 6.07) is 83.4. The molecule has 13 aromatic rings. The molecule has 2 heterocycles. The van der Waals surface area contributed by atoms with E-state index >= 15 is 0 Å². The van der Waals surface area contributed by atoms with Crippen LogP contribution in [0.4, 0.5) is 34.1 Å². The van der Waals surface area contributed by atoms with Gasteiger partial charge in [0, 0.05) is 66.8 Å². The van der Waals surface area contributed by atoms with E-state index < -0.39 is 0 Å². The molecule has 0 bridgehead atoms. The topological polar surface area (TPSA) is 32.8 Å². The average Bonchev–Trinajstić information content (AvgIpc) is 1.53. The molecule has 4 aliphatic carbocycles. The Bertz CT molecular complexity index is 4280. The molecule has 0 atom stereocenters. The largest absolute Gasteiger partial charge is 0.452 e. The predicted octanol–water partition coefficient (Wildman–Crippen LogP) is 26.3. The average molecular weight is 1170 g/mol.